The van der Waals surface area contributed by atoms with Crippen molar-refractivity contribution in [1.82, 2.24) is 34.0 Å². The summed E-state index contributed by atoms with van der Waals surface area (Å²) in [4.78, 5) is 38.7. The molecule has 0 radical (unpaired) electrons. The second kappa shape index (κ2) is 15.1. The first kappa shape index (κ1) is 37.8. The van der Waals surface area contributed by atoms with Crippen LogP contribution >= 0.6 is 11.3 Å². The van der Waals surface area contributed by atoms with Gasteiger partial charge in [-0.25, -0.2) is 23.4 Å². The van der Waals surface area contributed by atoms with Crippen molar-refractivity contribution in [3.05, 3.63) is 101 Å². The molecule has 0 aliphatic carbocycles. The summed E-state index contributed by atoms with van der Waals surface area (Å²) in [6.07, 6.45) is 8.77. The molecule has 6 heterocycles. The van der Waals surface area contributed by atoms with Crippen molar-refractivity contribution >= 4 is 49.2 Å². The van der Waals surface area contributed by atoms with Gasteiger partial charge in [0.15, 0.2) is 11.0 Å². The van der Waals surface area contributed by atoms with Crippen LogP contribution in [0.1, 0.15) is 65.5 Å². The third kappa shape index (κ3) is 7.79. The molecule has 56 heavy (non-hydrogen) atoms. The van der Waals surface area contributed by atoms with E-state index in [-0.39, 0.29) is 52.8 Å². The highest BCUT2D eigenvalue weighted by atomic mass is 32.2. The maximum atomic E-state index is 13.6. The standard InChI is InChI=1S/C39H39F3N8O4S2/c1-48-23-32(31-7-8-35(51)47-37(31)52)30-6-5-26(18-33(30)48)25-9-13-49(14-10-25)22-24-19-43-36(44-20-24)27-3-2-4-29(17-27)56(53,54)50-15-11-28(12-16-50)46-38-45-21-34(55-38)39(40,41)42/h2-6,9,13,17-21,23,25,28,31H,7-8,10-12,14-16,22H2,1H3,(H,45,46)(H,47,51,52). The highest BCUT2D eigenvalue weighted by Crippen LogP contribution is 2.37. The van der Waals surface area contributed by atoms with Crippen molar-refractivity contribution < 1.29 is 31.2 Å². The number of benzene rings is 2. The lowest BCUT2D eigenvalue weighted by Gasteiger charge is -2.31. The number of aryl methyl sites for hydroxylation is 1. The van der Waals surface area contributed by atoms with Gasteiger partial charge >= 0.3 is 6.18 Å². The molecule has 0 bridgehead atoms. The van der Waals surface area contributed by atoms with Gasteiger partial charge in [0, 0.05) is 92.2 Å². The first-order valence-electron chi connectivity index (χ1n) is 18.4. The Morgan fingerprint density at radius 2 is 1.75 bits per heavy atom. The number of thiazole rings is 1. The number of carbonyl (C=O) groups is 2. The summed E-state index contributed by atoms with van der Waals surface area (Å²) in [6.45, 7) is 1.87. The summed E-state index contributed by atoms with van der Waals surface area (Å²) in [5.41, 5.74) is 4.67. The molecule has 3 aromatic heterocycles. The van der Waals surface area contributed by atoms with Crippen molar-refractivity contribution in [2.24, 2.45) is 7.05 Å². The highest BCUT2D eigenvalue weighted by Gasteiger charge is 2.35. The molecule has 5 aromatic rings. The number of alkyl halides is 3. The quantitative estimate of drug-likeness (QED) is 0.162. The van der Waals surface area contributed by atoms with E-state index in [0.29, 0.717) is 55.0 Å². The van der Waals surface area contributed by atoms with Gasteiger partial charge in [0.1, 0.15) is 4.88 Å². The SMILES string of the molecule is Cn1cc(C2CCC(=O)NC2=O)c2ccc(C3C=CN(Cc4cnc(-c5cccc(S(=O)(=O)N6CCC(Nc7ncc(C(F)(F)F)s7)CC6)c5)nc4)CC3)cc21. The zero-order chi connectivity index (χ0) is 39.2. The number of piperidine rings is 2. The fourth-order valence-corrected chi connectivity index (χ4v) is 9.97. The van der Waals surface area contributed by atoms with Crippen molar-refractivity contribution in [3.63, 3.8) is 0 Å². The second-order valence-corrected chi connectivity index (χ2v) is 17.4. The van der Waals surface area contributed by atoms with Gasteiger partial charge in [-0.15, -0.1) is 0 Å². The van der Waals surface area contributed by atoms with Gasteiger partial charge in [0.25, 0.3) is 0 Å². The van der Waals surface area contributed by atoms with Gasteiger partial charge in [-0.2, -0.15) is 17.5 Å². The summed E-state index contributed by atoms with van der Waals surface area (Å²) in [5, 5.41) is 6.68. The number of anilines is 1. The average Bonchev–Trinajstić information content (AvgIpc) is 3.80. The molecule has 292 valence electrons. The Morgan fingerprint density at radius 3 is 2.45 bits per heavy atom. The van der Waals surface area contributed by atoms with E-state index in [1.807, 2.05) is 17.8 Å². The Balaban J connectivity index is 0.868. The number of aromatic nitrogens is 4. The van der Waals surface area contributed by atoms with Crippen LogP contribution in [0.15, 0.2) is 84.4 Å². The van der Waals surface area contributed by atoms with E-state index < -0.39 is 21.1 Å². The highest BCUT2D eigenvalue weighted by molar-refractivity contribution is 7.89. The predicted octanol–water partition coefficient (Wildman–Crippen LogP) is 6.40. The molecule has 2 saturated heterocycles. The molecule has 0 saturated carbocycles. The zero-order valence-electron chi connectivity index (χ0n) is 30.4. The molecule has 2 unspecified atom stereocenters. The number of hydrogen-bond acceptors (Lipinski definition) is 10. The van der Waals surface area contributed by atoms with E-state index in [2.05, 4.69) is 61.0 Å². The molecule has 2 fully saturated rings. The van der Waals surface area contributed by atoms with Crippen LogP contribution in [0.3, 0.4) is 0 Å². The molecular weight excluding hydrogens is 766 g/mol. The number of hydrogen-bond donors (Lipinski definition) is 2. The van der Waals surface area contributed by atoms with Crippen LogP contribution in [-0.2, 0) is 39.4 Å². The summed E-state index contributed by atoms with van der Waals surface area (Å²) >= 11 is 0.538. The Kier molecular flexibility index (Phi) is 10.2. The zero-order valence-corrected chi connectivity index (χ0v) is 32.0. The average molecular weight is 805 g/mol. The number of amides is 2. The maximum Gasteiger partial charge on any atom is 0.427 e. The van der Waals surface area contributed by atoms with Crippen LogP contribution in [-0.4, -0.2) is 74.6 Å². The van der Waals surface area contributed by atoms with Crippen LogP contribution in [0.5, 0.6) is 0 Å². The molecule has 2 aromatic carbocycles. The molecule has 2 N–H and O–H groups in total. The minimum Gasteiger partial charge on any atom is -0.373 e. The number of sulfonamides is 1. The first-order chi connectivity index (χ1) is 26.8. The largest absolute Gasteiger partial charge is 0.427 e. The number of nitrogens with one attached hydrogen (secondary N) is 2. The Labute approximate surface area is 325 Å². The van der Waals surface area contributed by atoms with Gasteiger partial charge in [-0.3, -0.25) is 14.9 Å². The molecule has 8 rings (SSSR count). The third-order valence-electron chi connectivity index (χ3n) is 10.7. The number of halogens is 3. The van der Waals surface area contributed by atoms with Gasteiger partial charge < -0.3 is 14.8 Å². The van der Waals surface area contributed by atoms with Crippen molar-refractivity contribution in [2.45, 2.75) is 67.6 Å². The predicted molar refractivity (Wildman–Crippen MR) is 205 cm³/mol. The number of fused-ring (bicyclic) bond motifs is 1. The Hall–Kier alpha value is -5.13. The van der Waals surface area contributed by atoms with Crippen molar-refractivity contribution in [3.8, 4) is 11.4 Å². The lowest BCUT2D eigenvalue weighted by Crippen LogP contribution is -2.42. The smallest absolute Gasteiger partial charge is 0.373 e. The molecule has 12 nitrogen and oxygen atoms in total. The summed E-state index contributed by atoms with van der Waals surface area (Å²) in [6, 6.07) is 12.7. The van der Waals surface area contributed by atoms with Crippen LogP contribution in [0, 0.1) is 0 Å². The maximum absolute atomic E-state index is 13.6. The van der Waals surface area contributed by atoms with Crippen molar-refractivity contribution in [2.75, 3.05) is 25.0 Å². The topological polar surface area (TPSA) is 142 Å². The Bertz CT molecular complexity index is 2420. The Morgan fingerprint density at radius 1 is 0.964 bits per heavy atom. The van der Waals surface area contributed by atoms with Crippen molar-refractivity contribution in [1.29, 1.82) is 0 Å². The lowest BCUT2D eigenvalue weighted by molar-refractivity contribution is -0.135. The van der Waals surface area contributed by atoms with Crippen LogP contribution in [0.2, 0.25) is 0 Å². The fourth-order valence-electron chi connectivity index (χ4n) is 7.69. The third-order valence-corrected chi connectivity index (χ3v) is 13.6. The van der Waals surface area contributed by atoms with Gasteiger partial charge in [-0.05, 0) is 61.2 Å². The normalized spacial score (nSPS) is 20.1. The number of imide groups is 1. The molecular formula is C39H39F3N8O4S2. The van der Waals surface area contributed by atoms with E-state index in [9.17, 15) is 31.2 Å². The van der Waals surface area contributed by atoms with Gasteiger partial charge in [0.2, 0.25) is 21.8 Å². The van der Waals surface area contributed by atoms with Gasteiger partial charge in [-0.1, -0.05) is 41.7 Å². The summed E-state index contributed by atoms with van der Waals surface area (Å²) in [5.74, 6) is -0.159. The second-order valence-electron chi connectivity index (χ2n) is 14.5. The molecule has 3 aliphatic rings. The summed E-state index contributed by atoms with van der Waals surface area (Å²) in [7, 11) is -1.85. The molecule has 17 heteroatoms. The van der Waals surface area contributed by atoms with E-state index in [1.54, 1.807) is 36.7 Å². The minimum atomic E-state index is -4.45. The summed E-state index contributed by atoms with van der Waals surface area (Å²) < 4.78 is 69.5. The molecule has 0 spiro atoms. The monoisotopic (exact) mass is 804 g/mol. The van der Waals surface area contributed by atoms with Gasteiger partial charge in [0.05, 0.1) is 17.0 Å². The van der Waals surface area contributed by atoms with E-state index >= 15 is 0 Å². The number of nitrogens with zero attached hydrogens (tertiary/aromatic N) is 6. The van der Waals surface area contributed by atoms with Crippen LogP contribution < -0.4 is 10.6 Å². The minimum absolute atomic E-state index is 0.123. The van der Waals surface area contributed by atoms with E-state index in [4.69, 9.17) is 0 Å². The number of carbonyl (C=O) groups excluding carboxylic acids is 2. The molecule has 3 aliphatic heterocycles. The first-order valence-corrected chi connectivity index (χ1v) is 20.6. The van der Waals surface area contributed by atoms with E-state index in [0.717, 1.165) is 41.2 Å². The number of rotatable bonds is 9. The number of allylic oxidation sites excluding steroid dienone is 1. The lowest BCUT2D eigenvalue weighted by atomic mass is 9.88. The molecule has 2 amide bonds. The van der Waals surface area contributed by atoms with E-state index in [1.165, 1.54) is 9.87 Å². The fraction of sp³-hybridized carbons (Fsp3) is 0.359. The van der Waals surface area contributed by atoms with Crippen LogP contribution in [0.25, 0.3) is 22.3 Å². The molecule has 2 atom stereocenters. The van der Waals surface area contributed by atoms with Crippen LogP contribution in [0.4, 0.5) is 18.3 Å².